The van der Waals surface area contributed by atoms with Gasteiger partial charge in [0, 0.05) is 17.9 Å². The molecule has 104 valence electrons. The Hall–Kier alpha value is -2.34. The SMILES string of the molecule is Cc1[nH]cnc1[C@H]1Nc2ccccc2C(=O)N1CCO. The number of aliphatic hydroxyl groups is 1. The third kappa shape index (κ3) is 1.94. The predicted molar refractivity (Wildman–Crippen MR) is 74.3 cm³/mol. The standard InChI is InChI=1S/C14H16N4O2/c1-9-12(16-8-15-9)13-17-11-5-3-2-4-10(11)14(20)18(13)6-7-19/h2-5,8,13,17,19H,6-7H2,1H3,(H,15,16)/t13-/m0/s1. The molecule has 1 atom stereocenters. The summed E-state index contributed by atoms with van der Waals surface area (Å²) in [5, 5.41) is 12.5. The molecular formula is C14H16N4O2. The van der Waals surface area contributed by atoms with Gasteiger partial charge in [-0.25, -0.2) is 4.98 Å². The van der Waals surface area contributed by atoms with Crippen LogP contribution in [0.4, 0.5) is 5.69 Å². The van der Waals surface area contributed by atoms with Crippen LogP contribution in [0.25, 0.3) is 0 Å². The van der Waals surface area contributed by atoms with Crippen molar-refractivity contribution in [3.63, 3.8) is 0 Å². The van der Waals surface area contributed by atoms with E-state index in [1.54, 1.807) is 17.3 Å². The van der Waals surface area contributed by atoms with Crippen LogP contribution in [0.3, 0.4) is 0 Å². The molecule has 1 aliphatic rings. The van der Waals surface area contributed by atoms with Crippen LogP contribution < -0.4 is 5.32 Å². The molecule has 0 unspecified atom stereocenters. The summed E-state index contributed by atoms with van der Waals surface area (Å²) in [5.74, 6) is -0.0965. The van der Waals surface area contributed by atoms with E-state index in [-0.39, 0.29) is 25.2 Å². The monoisotopic (exact) mass is 272 g/mol. The first-order valence-corrected chi connectivity index (χ1v) is 6.49. The van der Waals surface area contributed by atoms with Crippen molar-refractivity contribution >= 4 is 11.6 Å². The highest BCUT2D eigenvalue weighted by atomic mass is 16.3. The number of aliphatic hydroxyl groups excluding tert-OH is 1. The summed E-state index contributed by atoms with van der Waals surface area (Å²) in [6.45, 7) is 2.08. The number of rotatable bonds is 3. The van der Waals surface area contributed by atoms with Crippen molar-refractivity contribution in [3.05, 3.63) is 47.5 Å². The van der Waals surface area contributed by atoms with Crippen LogP contribution in [0.5, 0.6) is 0 Å². The van der Waals surface area contributed by atoms with Crippen LogP contribution in [0.2, 0.25) is 0 Å². The van der Waals surface area contributed by atoms with E-state index in [1.165, 1.54) is 0 Å². The fourth-order valence-electron chi connectivity index (χ4n) is 2.49. The van der Waals surface area contributed by atoms with Crippen molar-refractivity contribution in [1.82, 2.24) is 14.9 Å². The van der Waals surface area contributed by atoms with Crippen molar-refractivity contribution in [1.29, 1.82) is 0 Å². The number of carbonyl (C=O) groups excluding carboxylic acids is 1. The Labute approximate surface area is 116 Å². The number of β-amino-alcohol motifs (C(OH)–C–C–N with tert-alkyl or cyclic N) is 1. The van der Waals surface area contributed by atoms with Gasteiger partial charge in [-0.05, 0) is 19.1 Å². The Bertz CT molecular complexity index is 638. The average molecular weight is 272 g/mol. The molecule has 0 radical (unpaired) electrons. The molecule has 20 heavy (non-hydrogen) atoms. The molecule has 6 heteroatoms. The molecule has 1 aliphatic heterocycles. The minimum atomic E-state index is -0.365. The molecule has 3 N–H and O–H groups in total. The lowest BCUT2D eigenvalue weighted by Gasteiger charge is -2.37. The maximum atomic E-state index is 12.6. The molecule has 6 nitrogen and oxygen atoms in total. The number of aromatic amines is 1. The van der Waals surface area contributed by atoms with Crippen LogP contribution in [0.15, 0.2) is 30.6 Å². The second kappa shape index (κ2) is 4.97. The number of H-pyrrole nitrogens is 1. The van der Waals surface area contributed by atoms with E-state index in [0.717, 1.165) is 17.1 Å². The number of hydrogen-bond acceptors (Lipinski definition) is 4. The fourth-order valence-corrected chi connectivity index (χ4v) is 2.49. The molecule has 3 rings (SSSR count). The molecule has 0 spiro atoms. The van der Waals surface area contributed by atoms with E-state index in [4.69, 9.17) is 0 Å². The molecule has 1 aromatic heterocycles. The number of nitrogens with zero attached hydrogens (tertiary/aromatic N) is 2. The van der Waals surface area contributed by atoms with E-state index in [0.29, 0.717) is 5.56 Å². The number of benzene rings is 1. The van der Waals surface area contributed by atoms with Gasteiger partial charge in [0.05, 0.1) is 18.5 Å². The molecule has 1 aromatic carbocycles. The van der Waals surface area contributed by atoms with Crippen molar-refractivity contribution < 1.29 is 9.90 Å². The van der Waals surface area contributed by atoms with Crippen molar-refractivity contribution in [2.24, 2.45) is 0 Å². The fraction of sp³-hybridized carbons (Fsp3) is 0.286. The van der Waals surface area contributed by atoms with Crippen LogP contribution in [0.1, 0.15) is 27.9 Å². The van der Waals surface area contributed by atoms with E-state index in [9.17, 15) is 9.90 Å². The molecule has 0 bridgehead atoms. The first-order chi connectivity index (χ1) is 9.72. The number of para-hydroxylation sites is 1. The smallest absolute Gasteiger partial charge is 0.257 e. The van der Waals surface area contributed by atoms with Gasteiger partial charge in [-0.2, -0.15) is 0 Å². The highest BCUT2D eigenvalue weighted by Crippen LogP contribution is 2.32. The van der Waals surface area contributed by atoms with E-state index in [1.807, 2.05) is 25.1 Å². The zero-order valence-electron chi connectivity index (χ0n) is 11.1. The average Bonchev–Trinajstić information content (AvgIpc) is 2.88. The molecule has 0 fully saturated rings. The summed E-state index contributed by atoms with van der Waals surface area (Å²) in [5.41, 5.74) is 3.07. The largest absolute Gasteiger partial charge is 0.395 e. The second-order valence-electron chi connectivity index (χ2n) is 4.73. The normalized spacial score (nSPS) is 17.8. The number of anilines is 1. The molecule has 0 saturated heterocycles. The Morgan fingerprint density at radius 1 is 1.40 bits per heavy atom. The van der Waals surface area contributed by atoms with Gasteiger partial charge in [0.1, 0.15) is 11.9 Å². The lowest BCUT2D eigenvalue weighted by Crippen LogP contribution is -2.44. The van der Waals surface area contributed by atoms with Crippen LogP contribution in [0, 0.1) is 6.92 Å². The molecule has 1 amide bonds. The van der Waals surface area contributed by atoms with Crippen molar-refractivity contribution in [3.8, 4) is 0 Å². The molecule has 2 heterocycles. The Balaban J connectivity index is 2.05. The Morgan fingerprint density at radius 2 is 2.20 bits per heavy atom. The zero-order valence-corrected chi connectivity index (χ0v) is 11.1. The summed E-state index contributed by atoms with van der Waals surface area (Å²) in [7, 11) is 0. The minimum Gasteiger partial charge on any atom is -0.395 e. The summed E-state index contributed by atoms with van der Waals surface area (Å²) in [6.07, 6.45) is 1.24. The zero-order chi connectivity index (χ0) is 14.1. The summed E-state index contributed by atoms with van der Waals surface area (Å²) < 4.78 is 0. The maximum absolute atomic E-state index is 12.6. The number of aryl methyl sites for hydroxylation is 1. The molecule has 2 aromatic rings. The Morgan fingerprint density at radius 3 is 2.90 bits per heavy atom. The van der Waals surface area contributed by atoms with Gasteiger partial charge in [-0.15, -0.1) is 0 Å². The number of amides is 1. The van der Waals surface area contributed by atoms with Gasteiger partial charge in [-0.3, -0.25) is 4.79 Å². The third-order valence-corrected chi connectivity index (χ3v) is 3.49. The second-order valence-corrected chi connectivity index (χ2v) is 4.73. The lowest BCUT2D eigenvalue weighted by atomic mass is 10.1. The number of aromatic nitrogens is 2. The first-order valence-electron chi connectivity index (χ1n) is 6.49. The molecule has 0 aliphatic carbocycles. The van der Waals surface area contributed by atoms with Crippen LogP contribution in [-0.2, 0) is 0 Å². The first kappa shape index (κ1) is 12.7. The topological polar surface area (TPSA) is 81.2 Å². The van der Waals surface area contributed by atoms with E-state index < -0.39 is 0 Å². The van der Waals surface area contributed by atoms with Crippen molar-refractivity contribution in [2.45, 2.75) is 13.1 Å². The number of fused-ring (bicyclic) bond motifs is 1. The maximum Gasteiger partial charge on any atom is 0.257 e. The number of carbonyl (C=O) groups is 1. The molecule has 0 saturated carbocycles. The molecular weight excluding hydrogens is 256 g/mol. The van der Waals surface area contributed by atoms with Gasteiger partial charge in [-0.1, -0.05) is 12.1 Å². The van der Waals surface area contributed by atoms with Crippen LogP contribution >= 0.6 is 0 Å². The summed E-state index contributed by atoms with van der Waals surface area (Å²) in [6, 6.07) is 7.37. The van der Waals surface area contributed by atoms with E-state index >= 15 is 0 Å². The van der Waals surface area contributed by atoms with Gasteiger partial charge in [0.25, 0.3) is 5.91 Å². The van der Waals surface area contributed by atoms with Gasteiger partial charge >= 0.3 is 0 Å². The highest BCUT2D eigenvalue weighted by molar-refractivity contribution is 6.01. The Kier molecular flexibility index (Phi) is 3.15. The minimum absolute atomic E-state index is 0.0877. The lowest BCUT2D eigenvalue weighted by molar-refractivity contribution is 0.0636. The number of nitrogens with one attached hydrogen (secondary N) is 2. The summed E-state index contributed by atoms with van der Waals surface area (Å²) in [4.78, 5) is 21.5. The number of imidazole rings is 1. The highest BCUT2D eigenvalue weighted by Gasteiger charge is 2.34. The summed E-state index contributed by atoms with van der Waals surface area (Å²) >= 11 is 0. The van der Waals surface area contributed by atoms with Gasteiger partial charge < -0.3 is 20.3 Å². The van der Waals surface area contributed by atoms with Crippen LogP contribution in [-0.4, -0.2) is 39.0 Å². The van der Waals surface area contributed by atoms with Gasteiger partial charge in [0.2, 0.25) is 0 Å². The third-order valence-electron chi connectivity index (χ3n) is 3.49. The quantitative estimate of drug-likeness (QED) is 0.786. The number of hydrogen-bond donors (Lipinski definition) is 3. The van der Waals surface area contributed by atoms with E-state index in [2.05, 4.69) is 15.3 Å². The predicted octanol–water partition coefficient (Wildman–Crippen LogP) is 1.28. The van der Waals surface area contributed by atoms with Gasteiger partial charge in [0.15, 0.2) is 0 Å². The van der Waals surface area contributed by atoms with Crippen molar-refractivity contribution in [2.75, 3.05) is 18.5 Å².